The van der Waals surface area contributed by atoms with Crippen molar-refractivity contribution in [3.05, 3.63) is 35.4 Å². The number of morpholine rings is 1. The summed E-state index contributed by atoms with van der Waals surface area (Å²) in [5, 5.41) is 0. The number of nitrogens with zero attached hydrogens (tertiary/aromatic N) is 1. The number of carbonyl (C=O) groups excluding carboxylic acids is 2. The average molecular weight is 288 g/mol. The lowest BCUT2D eigenvalue weighted by atomic mass is 9.82. The minimum atomic E-state index is -0.679. The maximum Gasteiger partial charge on any atom is 0.248 e. The van der Waals surface area contributed by atoms with E-state index < -0.39 is 12.0 Å². The number of rotatable bonds is 2. The highest BCUT2D eigenvalue weighted by atomic mass is 16.5. The maximum absolute atomic E-state index is 12.8. The average Bonchev–Trinajstić information content (AvgIpc) is 2.53. The van der Waals surface area contributed by atoms with Crippen LogP contribution in [0.4, 0.5) is 0 Å². The summed E-state index contributed by atoms with van der Waals surface area (Å²) >= 11 is 0. The molecule has 0 spiro atoms. The Morgan fingerprint density at radius 3 is 2.90 bits per heavy atom. The van der Waals surface area contributed by atoms with Gasteiger partial charge in [-0.15, -0.1) is 0 Å². The number of fused-ring (bicyclic) bond motifs is 1. The third-order valence-corrected chi connectivity index (χ3v) is 4.36. The Labute approximate surface area is 124 Å². The van der Waals surface area contributed by atoms with Crippen molar-refractivity contribution in [2.24, 2.45) is 5.73 Å². The van der Waals surface area contributed by atoms with E-state index in [9.17, 15) is 9.59 Å². The highest BCUT2D eigenvalue weighted by Crippen LogP contribution is 2.33. The summed E-state index contributed by atoms with van der Waals surface area (Å²) in [4.78, 5) is 25.8. The molecular formula is C16H20N2O3. The highest BCUT2D eigenvalue weighted by molar-refractivity contribution is 5.86. The van der Waals surface area contributed by atoms with Gasteiger partial charge in [-0.05, 0) is 30.4 Å². The van der Waals surface area contributed by atoms with Crippen LogP contribution in [0, 0.1) is 0 Å². The Morgan fingerprint density at radius 2 is 2.10 bits per heavy atom. The highest BCUT2D eigenvalue weighted by Gasteiger charge is 2.34. The van der Waals surface area contributed by atoms with Crippen molar-refractivity contribution in [1.82, 2.24) is 4.90 Å². The van der Waals surface area contributed by atoms with Crippen molar-refractivity contribution in [3.8, 4) is 0 Å². The summed E-state index contributed by atoms with van der Waals surface area (Å²) in [7, 11) is 0. The third kappa shape index (κ3) is 2.78. The van der Waals surface area contributed by atoms with Gasteiger partial charge in [-0.25, -0.2) is 0 Å². The Morgan fingerprint density at radius 1 is 1.29 bits per heavy atom. The van der Waals surface area contributed by atoms with Gasteiger partial charge in [-0.1, -0.05) is 24.3 Å². The number of hydrogen-bond acceptors (Lipinski definition) is 3. The van der Waals surface area contributed by atoms with Crippen molar-refractivity contribution in [2.75, 3.05) is 19.7 Å². The van der Waals surface area contributed by atoms with Crippen LogP contribution < -0.4 is 5.73 Å². The molecule has 112 valence electrons. The van der Waals surface area contributed by atoms with E-state index in [2.05, 4.69) is 6.07 Å². The zero-order valence-corrected chi connectivity index (χ0v) is 12.0. The molecule has 1 aliphatic carbocycles. The smallest absolute Gasteiger partial charge is 0.248 e. The van der Waals surface area contributed by atoms with E-state index in [1.807, 2.05) is 18.2 Å². The Balaban J connectivity index is 1.78. The number of benzene rings is 1. The first-order chi connectivity index (χ1) is 10.2. The summed E-state index contributed by atoms with van der Waals surface area (Å²) in [6, 6.07) is 8.14. The van der Waals surface area contributed by atoms with Crippen molar-refractivity contribution < 1.29 is 14.3 Å². The zero-order chi connectivity index (χ0) is 14.8. The molecular weight excluding hydrogens is 268 g/mol. The van der Waals surface area contributed by atoms with E-state index in [4.69, 9.17) is 10.5 Å². The van der Waals surface area contributed by atoms with Crippen LogP contribution in [0.15, 0.2) is 24.3 Å². The standard InChI is InChI=1S/C16H20N2O3/c17-15(19)14-10-18(8-9-21-14)16(20)13-7-3-5-11-4-1-2-6-12(11)13/h1-2,4,6,13-14H,3,5,7-10H2,(H2,17,19)/t13-,14+/m0/s1. The van der Waals surface area contributed by atoms with Crippen molar-refractivity contribution in [1.29, 1.82) is 0 Å². The van der Waals surface area contributed by atoms with Crippen LogP contribution in [0.2, 0.25) is 0 Å². The van der Waals surface area contributed by atoms with Crippen LogP contribution in [0.25, 0.3) is 0 Å². The molecule has 0 bridgehead atoms. The van der Waals surface area contributed by atoms with Crippen LogP contribution in [0.1, 0.15) is 29.9 Å². The van der Waals surface area contributed by atoms with Crippen molar-refractivity contribution >= 4 is 11.8 Å². The fourth-order valence-electron chi connectivity index (χ4n) is 3.25. The van der Waals surface area contributed by atoms with Crippen LogP contribution in [-0.4, -0.2) is 42.5 Å². The predicted octanol–water partition coefficient (Wildman–Crippen LogP) is 0.819. The number of aryl methyl sites for hydroxylation is 1. The molecule has 1 heterocycles. The molecule has 3 rings (SSSR count). The summed E-state index contributed by atoms with van der Waals surface area (Å²) in [6.45, 7) is 1.17. The quantitative estimate of drug-likeness (QED) is 0.875. The molecule has 1 fully saturated rings. The molecule has 0 aromatic heterocycles. The molecule has 5 heteroatoms. The number of hydrogen-bond donors (Lipinski definition) is 1. The molecule has 0 unspecified atom stereocenters. The second-order valence-corrected chi connectivity index (χ2v) is 5.69. The van der Waals surface area contributed by atoms with E-state index in [-0.39, 0.29) is 18.4 Å². The van der Waals surface area contributed by atoms with Gasteiger partial charge in [-0.3, -0.25) is 9.59 Å². The van der Waals surface area contributed by atoms with Crippen molar-refractivity contribution in [3.63, 3.8) is 0 Å². The normalized spacial score (nSPS) is 25.2. The molecule has 1 aromatic rings. The molecule has 1 aliphatic heterocycles. The fourth-order valence-corrected chi connectivity index (χ4v) is 3.25. The fraction of sp³-hybridized carbons (Fsp3) is 0.500. The minimum Gasteiger partial charge on any atom is -0.367 e. The van der Waals surface area contributed by atoms with E-state index in [1.165, 1.54) is 5.56 Å². The van der Waals surface area contributed by atoms with Crippen LogP contribution in [0.3, 0.4) is 0 Å². The molecule has 5 nitrogen and oxygen atoms in total. The second kappa shape index (κ2) is 5.85. The van der Waals surface area contributed by atoms with Crippen LogP contribution in [0.5, 0.6) is 0 Å². The van der Waals surface area contributed by atoms with Gasteiger partial charge in [0.05, 0.1) is 19.1 Å². The SMILES string of the molecule is NC(=O)[C@H]1CN(C(=O)[C@H]2CCCc3ccccc32)CCO1. The lowest BCUT2D eigenvalue weighted by Crippen LogP contribution is -2.51. The van der Waals surface area contributed by atoms with Gasteiger partial charge in [0.1, 0.15) is 0 Å². The number of primary amides is 1. The first-order valence-corrected chi connectivity index (χ1v) is 7.44. The van der Waals surface area contributed by atoms with Gasteiger partial charge in [0.2, 0.25) is 11.8 Å². The Kier molecular flexibility index (Phi) is 3.92. The number of ether oxygens (including phenoxy) is 1. The van der Waals surface area contributed by atoms with E-state index in [0.29, 0.717) is 13.2 Å². The molecule has 2 aliphatic rings. The lowest BCUT2D eigenvalue weighted by Gasteiger charge is -2.35. The third-order valence-electron chi connectivity index (χ3n) is 4.36. The Hall–Kier alpha value is -1.88. The Bertz CT molecular complexity index is 558. The van der Waals surface area contributed by atoms with E-state index in [0.717, 1.165) is 24.8 Å². The molecule has 2 amide bonds. The molecule has 1 saturated heterocycles. The monoisotopic (exact) mass is 288 g/mol. The molecule has 0 saturated carbocycles. The first kappa shape index (κ1) is 14.1. The summed E-state index contributed by atoms with van der Waals surface area (Å²) in [5.74, 6) is -0.505. The van der Waals surface area contributed by atoms with Gasteiger partial charge in [0, 0.05) is 6.54 Å². The largest absolute Gasteiger partial charge is 0.367 e. The minimum absolute atomic E-state index is 0.0942. The molecule has 2 atom stereocenters. The van der Waals surface area contributed by atoms with Crippen LogP contribution >= 0.6 is 0 Å². The summed E-state index contributed by atoms with van der Waals surface area (Å²) < 4.78 is 5.31. The topological polar surface area (TPSA) is 72.6 Å². The van der Waals surface area contributed by atoms with Crippen molar-refractivity contribution in [2.45, 2.75) is 31.3 Å². The molecule has 2 N–H and O–H groups in total. The van der Waals surface area contributed by atoms with Gasteiger partial charge < -0.3 is 15.4 Å². The van der Waals surface area contributed by atoms with E-state index in [1.54, 1.807) is 4.90 Å². The summed E-state index contributed by atoms with van der Waals surface area (Å²) in [6.07, 6.45) is 2.25. The second-order valence-electron chi connectivity index (χ2n) is 5.69. The number of nitrogens with two attached hydrogens (primary N) is 1. The number of carbonyl (C=O) groups is 2. The van der Waals surface area contributed by atoms with Crippen LogP contribution in [-0.2, 0) is 20.7 Å². The molecule has 21 heavy (non-hydrogen) atoms. The zero-order valence-electron chi connectivity index (χ0n) is 12.0. The first-order valence-electron chi connectivity index (χ1n) is 7.44. The van der Waals surface area contributed by atoms with Gasteiger partial charge >= 0.3 is 0 Å². The predicted molar refractivity (Wildman–Crippen MR) is 77.6 cm³/mol. The van der Waals surface area contributed by atoms with E-state index >= 15 is 0 Å². The van der Waals surface area contributed by atoms with Gasteiger partial charge in [0.15, 0.2) is 6.10 Å². The van der Waals surface area contributed by atoms with Gasteiger partial charge in [0.25, 0.3) is 0 Å². The maximum atomic E-state index is 12.8. The summed E-state index contributed by atoms with van der Waals surface area (Å²) in [5.41, 5.74) is 7.68. The van der Waals surface area contributed by atoms with Gasteiger partial charge in [-0.2, -0.15) is 0 Å². The molecule has 0 radical (unpaired) electrons. The number of amides is 2. The lowest BCUT2D eigenvalue weighted by molar-refractivity contribution is -0.146. The molecule has 1 aromatic carbocycles.